The van der Waals surface area contributed by atoms with E-state index in [0.717, 1.165) is 0 Å². The van der Waals surface area contributed by atoms with Gasteiger partial charge in [0.25, 0.3) is 0 Å². The monoisotopic (exact) mass is 187 g/mol. The molecule has 0 aromatic rings. The number of hydrogen-bond donors (Lipinski definition) is 0. The summed E-state index contributed by atoms with van der Waals surface area (Å²) < 4.78 is 17.1. The summed E-state index contributed by atoms with van der Waals surface area (Å²) in [6, 6.07) is 0. The van der Waals surface area contributed by atoms with Crippen molar-refractivity contribution in [2.75, 3.05) is 0 Å². The normalized spacial score (nSPS) is 2.40. The summed E-state index contributed by atoms with van der Waals surface area (Å²) in [6.07, 6.45) is 0. The van der Waals surface area contributed by atoms with Crippen molar-refractivity contribution in [3.8, 4) is 0 Å². The zero-order valence-electron chi connectivity index (χ0n) is 2.68. The van der Waals surface area contributed by atoms with Gasteiger partial charge in [0.15, 0.2) is 0 Å². The van der Waals surface area contributed by atoms with Crippen molar-refractivity contribution in [2.24, 2.45) is 0 Å². The summed E-state index contributed by atoms with van der Waals surface area (Å²) in [4.78, 5) is 0. The van der Waals surface area contributed by atoms with Crippen LogP contribution in [0.5, 0.6) is 0 Å². The van der Waals surface area contributed by atoms with Crippen LogP contribution in [0, 0.1) is 0 Å². The second kappa shape index (κ2) is 22.0. The van der Waals surface area contributed by atoms with Crippen LogP contribution in [0.2, 0.25) is 0 Å². The molecule has 0 aliphatic carbocycles. The Kier molecular flexibility index (Phi) is 75.8. The summed E-state index contributed by atoms with van der Waals surface area (Å²) in [5.41, 5.74) is 0. The number of rotatable bonds is 0. The molecule has 0 amide bonds. The van der Waals surface area contributed by atoms with Gasteiger partial charge in [0.1, 0.15) is 0 Å². The summed E-state index contributed by atoms with van der Waals surface area (Å²) in [5.74, 6) is 0. The van der Waals surface area contributed by atoms with Crippen LogP contribution in [0.1, 0.15) is 0 Å². The Labute approximate surface area is 49.5 Å². The van der Waals surface area contributed by atoms with Crippen molar-refractivity contribution >= 4 is 15.7 Å². The fourth-order valence-corrected chi connectivity index (χ4v) is 0. The van der Waals surface area contributed by atoms with Crippen molar-refractivity contribution in [1.82, 2.24) is 0 Å². The Morgan fingerprint density at radius 2 is 1.60 bits per heavy atom. The molecule has 0 atom stereocenters. The van der Waals surface area contributed by atoms with Gasteiger partial charge in [0.05, 0.1) is 0 Å². The van der Waals surface area contributed by atoms with E-state index >= 15 is 0 Å². The average molecular weight is 187 g/mol. The van der Waals surface area contributed by atoms with Crippen LogP contribution < -0.4 is 4.13 Å². The molecule has 0 spiro atoms. The van der Waals surface area contributed by atoms with E-state index in [1.807, 2.05) is 0 Å². The van der Waals surface area contributed by atoms with Gasteiger partial charge < -0.3 is 6.15 Å². The molecule has 0 saturated heterocycles. The molecule has 0 bridgehead atoms. The fraction of sp³-hybridized carbons (Fsp3) is 0. The molecule has 0 saturated carbocycles. The third-order valence-electron chi connectivity index (χ3n) is 0. The topological polar surface area (TPSA) is 73.6 Å². The second-order valence-electron chi connectivity index (χ2n) is 0.0962. The van der Waals surface area contributed by atoms with E-state index in [2.05, 4.69) is 0 Å². The first kappa shape index (κ1) is 17.2. The van der Waals surface area contributed by atoms with Gasteiger partial charge in [-0.15, -0.1) is 0 Å². The van der Waals surface area contributed by atoms with E-state index < -0.39 is 15.7 Å². The Morgan fingerprint density at radius 1 is 1.60 bits per heavy atom. The van der Waals surface area contributed by atoms with Crippen LogP contribution in [0.4, 0.5) is 0 Å². The van der Waals surface area contributed by atoms with Gasteiger partial charge in [0, 0.05) is 0 Å². The predicted molar refractivity (Wildman–Crippen MR) is 13.1 cm³/mol. The van der Waals surface area contributed by atoms with Crippen LogP contribution in [-0.2, 0) is 23.3 Å². The maximum absolute atomic E-state index is 8.53. The van der Waals surface area contributed by atoms with E-state index in [1.54, 1.807) is 0 Å². The Bertz CT molecular complexity index is 17.1. The van der Waals surface area contributed by atoms with Gasteiger partial charge in [-0.25, -0.2) is 0 Å². The average Bonchev–Trinajstić information content (AvgIpc) is 0.918. The second-order valence-corrected chi connectivity index (χ2v) is 0.500. The molecule has 5 heavy (non-hydrogen) atoms. The van der Waals surface area contributed by atoms with Crippen LogP contribution in [0.15, 0.2) is 0 Å². The van der Waals surface area contributed by atoms with Gasteiger partial charge >= 0.3 is 43.1 Å². The van der Waals surface area contributed by atoms with E-state index in [1.165, 1.54) is 0 Å². The van der Waals surface area contributed by atoms with Crippen molar-refractivity contribution in [3.05, 3.63) is 6.15 Å². The molecule has 5 heteroatoms. The molecule has 0 heterocycles. The Hall–Kier alpha value is 0.726. The molecular weight excluding hydrogens is 184 g/mol. The molecule has 2 N–H and O–H groups in total. The molecule has 3 nitrogen and oxygen atoms in total. The van der Waals surface area contributed by atoms with Crippen molar-refractivity contribution in [3.63, 3.8) is 0 Å². The molecule has 0 fully saturated rings. The van der Waals surface area contributed by atoms with Gasteiger partial charge in [-0.1, -0.05) is 0 Å². The summed E-state index contributed by atoms with van der Waals surface area (Å²) in [5, 5.41) is 0. The van der Waals surface area contributed by atoms with E-state index in [0.29, 0.717) is 0 Å². The number of hydrogen-bond acceptors (Lipinski definition) is 2. The predicted octanol–water partition coefficient (Wildman–Crippen LogP) is -1.24. The summed E-state index contributed by atoms with van der Waals surface area (Å²) >= 11 is -2.19. The first-order valence-electron chi connectivity index (χ1n) is 0.471. The third kappa shape index (κ3) is 66.6. The van der Waals surface area contributed by atoms with Crippen LogP contribution in [0.3, 0.4) is 0 Å². The third-order valence-corrected chi connectivity index (χ3v) is 0. The van der Waals surface area contributed by atoms with Gasteiger partial charge in [-0.05, 0) is 0 Å². The molecule has 0 aliphatic rings. The van der Waals surface area contributed by atoms with Gasteiger partial charge in [-0.3, -0.25) is 0 Å². The molecule has 0 aromatic heterocycles. The number of nitrogens with two attached hydrogens (primary N) is 1. The van der Waals surface area contributed by atoms with Crippen LogP contribution in [0.25, 0.3) is 6.15 Å². The first-order chi connectivity index (χ1) is 1.41. The largest absolute Gasteiger partial charge is 2.00 e. The Morgan fingerprint density at radius 3 is 1.60 bits per heavy atom. The Balaban J connectivity index is -0.0000000200. The quantitative estimate of drug-likeness (QED) is 0.445. The zero-order valence-corrected chi connectivity index (χ0v) is 8.07. The maximum Gasteiger partial charge on any atom is 2.00 e. The summed E-state index contributed by atoms with van der Waals surface area (Å²) in [7, 11) is 0. The van der Waals surface area contributed by atoms with Crippen LogP contribution >= 0.6 is 0 Å². The van der Waals surface area contributed by atoms with Crippen LogP contribution in [-0.4, -0.2) is 15.7 Å². The first-order valence-corrected chi connectivity index (χ1v) is 2.45. The van der Waals surface area contributed by atoms with E-state index in [9.17, 15) is 0 Å². The van der Waals surface area contributed by atoms with Crippen molar-refractivity contribution in [2.45, 2.75) is 0 Å². The fourth-order valence-electron chi connectivity index (χ4n) is 0. The molecule has 0 rings (SSSR count). The summed E-state index contributed by atoms with van der Waals surface area (Å²) in [6.45, 7) is 0. The molecule has 0 aromatic carbocycles. The van der Waals surface area contributed by atoms with Crippen molar-refractivity contribution in [1.29, 1.82) is 0 Å². The van der Waals surface area contributed by atoms with E-state index in [-0.39, 0.29) is 25.6 Å². The molecule has 0 radical (unpaired) electrons. The molecule has 0 unspecified atom stereocenters. The minimum Gasteiger partial charge on any atom is 2.00 e. The molecule has 0 aliphatic heterocycles. The van der Waals surface area contributed by atoms with Crippen molar-refractivity contribution < 1.29 is 27.4 Å². The standard InChI is InChI=1S/GeHO2.H2N.Zn/c2-1-3;;/h1H;1H2;/q2*-1;+2. The zero-order chi connectivity index (χ0) is 2.71. The van der Waals surface area contributed by atoms with Gasteiger partial charge in [0.2, 0.25) is 0 Å². The minimum atomic E-state index is -2.19. The SMILES string of the molecule is [NH2-].[O]=[GeH][O-].[Zn+2]. The molecule has 26 valence electrons. The van der Waals surface area contributed by atoms with E-state index in [4.69, 9.17) is 7.91 Å². The molecular formula is H3GeNO2Zn. The minimum absolute atomic E-state index is 0. The smallest absolute Gasteiger partial charge is 2.00 e. The van der Waals surface area contributed by atoms with Gasteiger partial charge in [-0.2, -0.15) is 0 Å². The maximum atomic E-state index is 8.53.